The van der Waals surface area contributed by atoms with Gasteiger partial charge in [-0.25, -0.2) is 4.98 Å². The first-order valence-corrected chi connectivity index (χ1v) is 6.48. The SMILES string of the molecule is O=C(O)CSc1cn2c(=O)c3ccccc3[nH]c2n1. The molecule has 0 spiro atoms. The Kier molecular flexibility index (Phi) is 2.75. The van der Waals surface area contributed by atoms with Crippen LogP contribution in [-0.2, 0) is 4.79 Å². The van der Waals surface area contributed by atoms with Gasteiger partial charge in [-0.1, -0.05) is 23.9 Å². The summed E-state index contributed by atoms with van der Waals surface area (Å²) in [5.74, 6) is -0.590. The minimum Gasteiger partial charge on any atom is -0.481 e. The molecule has 3 aromatic rings. The molecule has 19 heavy (non-hydrogen) atoms. The Balaban J connectivity index is 2.17. The highest BCUT2D eigenvalue weighted by molar-refractivity contribution is 7.99. The summed E-state index contributed by atoms with van der Waals surface area (Å²) in [6, 6.07) is 7.16. The van der Waals surface area contributed by atoms with Gasteiger partial charge < -0.3 is 10.1 Å². The summed E-state index contributed by atoms with van der Waals surface area (Å²) in [7, 11) is 0. The molecule has 0 aliphatic rings. The summed E-state index contributed by atoms with van der Waals surface area (Å²) in [6.07, 6.45) is 1.55. The number of aliphatic carboxylic acids is 1. The Morgan fingerprint density at radius 3 is 3.00 bits per heavy atom. The lowest BCUT2D eigenvalue weighted by molar-refractivity contribution is -0.133. The van der Waals surface area contributed by atoms with Crippen molar-refractivity contribution < 1.29 is 9.90 Å². The van der Waals surface area contributed by atoms with Crippen LogP contribution in [0.5, 0.6) is 0 Å². The average molecular weight is 275 g/mol. The van der Waals surface area contributed by atoms with E-state index in [0.717, 1.165) is 11.8 Å². The second-order valence-electron chi connectivity index (χ2n) is 3.93. The maximum absolute atomic E-state index is 12.2. The van der Waals surface area contributed by atoms with Crippen molar-refractivity contribution in [2.24, 2.45) is 0 Å². The van der Waals surface area contributed by atoms with Crippen LogP contribution < -0.4 is 5.56 Å². The van der Waals surface area contributed by atoms with E-state index in [2.05, 4.69) is 9.97 Å². The van der Waals surface area contributed by atoms with Crippen LogP contribution in [0, 0.1) is 0 Å². The quantitative estimate of drug-likeness (QED) is 0.704. The number of aromatic nitrogens is 3. The fourth-order valence-electron chi connectivity index (χ4n) is 1.84. The topological polar surface area (TPSA) is 87.5 Å². The van der Waals surface area contributed by atoms with Gasteiger partial charge in [0.05, 0.1) is 16.7 Å². The van der Waals surface area contributed by atoms with Crippen molar-refractivity contribution in [3.63, 3.8) is 0 Å². The van der Waals surface area contributed by atoms with Gasteiger partial charge in [0.1, 0.15) is 5.03 Å². The summed E-state index contributed by atoms with van der Waals surface area (Å²) in [6.45, 7) is 0. The van der Waals surface area contributed by atoms with E-state index in [1.807, 2.05) is 6.07 Å². The number of rotatable bonds is 3. The second kappa shape index (κ2) is 4.43. The maximum atomic E-state index is 12.2. The number of carboxylic acids is 1. The summed E-state index contributed by atoms with van der Waals surface area (Å²) in [5.41, 5.74) is 0.541. The summed E-state index contributed by atoms with van der Waals surface area (Å²) < 4.78 is 1.40. The van der Waals surface area contributed by atoms with Gasteiger partial charge >= 0.3 is 5.97 Å². The molecule has 0 saturated carbocycles. The largest absolute Gasteiger partial charge is 0.481 e. The Morgan fingerprint density at radius 1 is 1.42 bits per heavy atom. The lowest BCUT2D eigenvalue weighted by Crippen LogP contribution is -2.13. The van der Waals surface area contributed by atoms with Gasteiger partial charge in [-0.2, -0.15) is 0 Å². The number of aromatic amines is 1. The van der Waals surface area contributed by atoms with Gasteiger partial charge in [-0.15, -0.1) is 0 Å². The number of carboxylic acid groups (broad SMARTS) is 1. The van der Waals surface area contributed by atoms with Gasteiger partial charge in [0, 0.05) is 6.20 Å². The van der Waals surface area contributed by atoms with Gasteiger partial charge in [0.25, 0.3) is 5.56 Å². The van der Waals surface area contributed by atoms with E-state index in [-0.39, 0.29) is 11.3 Å². The predicted molar refractivity (Wildman–Crippen MR) is 71.7 cm³/mol. The third kappa shape index (κ3) is 2.08. The first-order chi connectivity index (χ1) is 9.15. The van der Waals surface area contributed by atoms with E-state index >= 15 is 0 Å². The molecule has 0 unspecified atom stereocenters. The fourth-order valence-corrected chi connectivity index (χ4v) is 2.44. The molecule has 2 heterocycles. The zero-order valence-corrected chi connectivity index (χ0v) is 10.5. The number of carbonyl (C=O) groups is 1. The number of fused-ring (bicyclic) bond motifs is 2. The third-order valence-electron chi connectivity index (χ3n) is 2.65. The van der Waals surface area contributed by atoms with Crippen molar-refractivity contribution >= 4 is 34.4 Å². The zero-order valence-electron chi connectivity index (χ0n) is 9.66. The van der Waals surface area contributed by atoms with E-state index in [0.29, 0.717) is 21.7 Å². The molecule has 0 bridgehead atoms. The minimum atomic E-state index is -0.918. The molecule has 6 nitrogen and oxygen atoms in total. The molecule has 2 N–H and O–H groups in total. The normalized spacial score (nSPS) is 11.2. The lowest BCUT2D eigenvalue weighted by Gasteiger charge is -1.97. The number of imidazole rings is 1. The molecule has 2 aromatic heterocycles. The molecule has 0 atom stereocenters. The fraction of sp³-hybridized carbons (Fsp3) is 0.0833. The van der Waals surface area contributed by atoms with Crippen LogP contribution in [0.4, 0.5) is 0 Å². The van der Waals surface area contributed by atoms with E-state index in [1.165, 1.54) is 4.40 Å². The number of thioether (sulfide) groups is 1. The van der Waals surface area contributed by atoms with Gasteiger partial charge in [0.2, 0.25) is 5.78 Å². The molecule has 3 rings (SSSR count). The molecule has 7 heteroatoms. The molecular formula is C12H9N3O3S. The predicted octanol–water partition coefficient (Wildman–Crippen LogP) is 1.35. The number of nitrogens with zero attached hydrogens (tertiary/aromatic N) is 2. The summed E-state index contributed by atoms with van der Waals surface area (Å²) >= 11 is 1.08. The van der Waals surface area contributed by atoms with Crippen LogP contribution in [0.15, 0.2) is 40.3 Å². The number of H-pyrrole nitrogens is 1. The molecule has 0 saturated heterocycles. The van der Waals surface area contributed by atoms with Gasteiger partial charge in [-0.3, -0.25) is 14.0 Å². The molecule has 0 aliphatic heterocycles. The Labute approximate surface area is 111 Å². The van der Waals surface area contributed by atoms with Crippen LogP contribution in [0.1, 0.15) is 0 Å². The molecule has 0 aliphatic carbocycles. The van der Waals surface area contributed by atoms with E-state index < -0.39 is 5.97 Å². The highest BCUT2D eigenvalue weighted by atomic mass is 32.2. The lowest BCUT2D eigenvalue weighted by atomic mass is 10.2. The minimum absolute atomic E-state index is 0.0857. The Morgan fingerprint density at radius 2 is 2.21 bits per heavy atom. The van der Waals surface area contributed by atoms with Crippen molar-refractivity contribution in [2.45, 2.75) is 5.03 Å². The van der Waals surface area contributed by atoms with Crippen LogP contribution in [0.25, 0.3) is 16.7 Å². The summed E-state index contributed by atoms with van der Waals surface area (Å²) in [4.78, 5) is 30.0. The standard InChI is InChI=1S/C12H9N3O3S/c16-10(17)6-19-9-5-15-11(18)7-3-1-2-4-8(7)13-12(15)14-9/h1-5H,6H2,(H,13,14)(H,16,17). The number of para-hydroxylation sites is 1. The smallest absolute Gasteiger partial charge is 0.313 e. The van der Waals surface area contributed by atoms with Crippen LogP contribution in [0.3, 0.4) is 0 Å². The van der Waals surface area contributed by atoms with Crippen LogP contribution in [-0.4, -0.2) is 31.2 Å². The molecular weight excluding hydrogens is 266 g/mol. The Bertz CT molecular complexity index is 837. The third-order valence-corrected chi connectivity index (χ3v) is 3.53. The van der Waals surface area contributed by atoms with Crippen LogP contribution in [0.2, 0.25) is 0 Å². The first kappa shape index (κ1) is 11.8. The van der Waals surface area contributed by atoms with Gasteiger partial charge in [0.15, 0.2) is 0 Å². The van der Waals surface area contributed by atoms with Crippen molar-refractivity contribution in [3.8, 4) is 0 Å². The molecule has 0 radical (unpaired) electrons. The number of benzene rings is 1. The second-order valence-corrected chi connectivity index (χ2v) is 4.93. The highest BCUT2D eigenvalue weighted by Gasteiger charge is 2.09. The Hall–Kier alpha value is -2.28. The highest BCUT2D eigenvalue weighted by Crippen LogP contribution is 2.17. The number of nitrogens with one attached hydrogen (secondary N) is 1. The van der Waals surface area contributed by atoms with E-state index in [1.54, 1.807) is 24.4 Å². The van der Waals surface area contributed by atoms with Crippen molar-refractivity contribution in [3.05, 3.63) is 40.8 Å². The van der Waals surface area contributed by atoms with E-state index in [4.69, 9.17) is 5.11 Å². The number of hydrogen-bond donors (Lipinski definition) is 2. The first-order valence-electron chi connectivity index (χ1n) is 5.50. The number of hydrogen-bond acceptors (Lipinski definition) is 4. The average Bonchev–Trinajstić information content (AvgIpc) is 2.80. The molecule has 0 fully saturated rings. The van der Waals surface area contributed by atoms with Crippen molar-refractivity contribution in [2.75, 3.05) is 5.75 Å². The van der Waals surface area contributed by atoms with Gasteiger partial charge in [-0.05, 0) is 12.1 Å². The molecule has 0 amide bonds. The maximum Gasteiger partial charge on any atom is 0.313 e. The molecule has 1 aromatic carbocycles. The van der Waals surface area contributed by atoms with Crippen LogP contribution >= 0.6 is 11.8 Å². The zero-order chi connectivity index (χ0) is 13.4. The van der Waals surface area contributed by atoms with Crippen molar-refractivity contribution in [1.29, 1.82) is 0 Å². The monoisotopic (exact) mass is 275 g/mol. The summed E-state index contributed by atoms with van der Waals surface area (Å²) in [5, 5.41) is 9.71. The van der Waals surface area contributed by atoms with Crippen molar-refractivity contribution in [1.82, 2.24) is 14.4 Å². The van der Waals surface area contributed by atoms with E-state index in [9.17, 15) is 9.59 Å². The molecule has 96 valence electrons.